The molecule has 1 fully saturated rings. The molecule has 0 saturated carbocycles. The maximum Gasteiger partial charge on any atom is 0.328 e. The average Bonchev–Trinajstić information content (AvgIpc) is 3.03. The summed E-state index contributed by atoms with van der Waals surface area (Å²) in [6.07, 6.45) is 9.34. The first-order valence-electron chi connectivity index (χ1n) is 7.69. The maximum atomic E-state index is 9.75. The Bertz CT molecular complexity index is 801. The summed E-state index contributed by atoms with van der Waals surface area (Å²) in [6, 6.07) is 3.89. The van der Waals surface area contributed by atoms with Crippen molar-refractivity contribution in [3.05, 3.63) is 58.9 Å². The van der Waals surface area contributed by atoms with E-state index in [1.165, 1.54) is 6.08 Å². The summed E-state index contributed by atoms with van der Waals surface area (Å²) >= 11 is 3.56. The Morgan fingerprint density at radius 1 is 1.28 bits per heavy atom. The fraction of sp³-hybridized carbons (Fsp3) is 0.235. The van der Waals surface area contributed by atoms with Crippen LogP contribution in [0.5, 0.6) is 0 Å². The summed E-state index contributed by atoms with van der Waals surface area (Å²) in [5, 5.41) is 14.5. The van der Waals surface area contributed by atoms with Gasteiger partial charge in [0.15, 0.2) is 0 Å². The fourth-order valence-corrected chi connectivity index (χ4v) is 3.08. The molecule has 2 aromatic rings. The molecule has 1 aromatic carbocycles. The van der Waals surface area contributed by atoms with Crippen LogP contribution in [0.4, 0.5) is 0 Å². The Kier molecular flexibility index (Phi) is 6.77. The van der Waals surface area contributed by atoms with Gasteiger partial charge in [0, 0.05) is 37.1 Å². The van der Waals surface area contributed by atoms with E-state index in [9.17, 15) is 4.79 Å². The van der Waals surface area contributed by atoms with Gasteiger partial charge in [0.1, 0.15) is 11.3 Å². The minimum Gasteiger partial charge on any atom is -0.478 e. The lowest BCUT2D eigenvalue weighted by Gasteiger charge is -2.26. The highest BCUT2D eigenvalue weighted by Crippen LogP contribution is 2.30. The number of hydrogen-bond donors (Lipinski definition) is 4. The molecule has 0 aliphatic carbocycles. The predicted molar refractivity (Wildman–Crippen MR) is 101 cm³/mol. The van der Waals surface area contributed by atoms with Crippen molar-refractivity contribution < 1.29 is 9.90 Å². The number of carboxylic acids is 1. The van der Waals surface area contributed by atoms with Crippen LogP contribution in [0.25, 0.3) is 11.0 Å². The Hall–Kier alpha value is -2.13. The lowest BCUT2D eigenvalue weighted by Crippen LogP contribution is -2.54. The van der Waals surface area contributed by atoms with Crippen LogP contribution >= 0.6 is 15.9 Å². The molecular formula is C17H20BrN5O2. The number of allylic oxidation sites excluding steroid dienone is 3. The highest BCUT2D eigenvalue weighted by atomic mass is 79.9. The van der Waals surface area contributed by atoms with Gasteiger partial charge >= 0.3 is 5.97 Å². The highest BCUT2D eigenvalue weighted by molar-refractivity contribution is 9.10. The van der Waals surface area contributed by atoms with Crippen LogP contribution in [0.1, 0.15) is 12.5 Å². The van der Waals surface area contributed by atoms with Crippen molar-refractivity contribution in [3.8, 4) is 0 Å². The number of carboxylic acid groups (broad SMARTS) is 1. The molecule has 7 nitrogen and oxygen atoms in total. The van der Waals surface area contributed by atoms with E-state index in [-0.39, 0.29) is 0 Å². The molecule has 1 saturated heterocycles. The molecule has 0 amide bonds. The third kappa shape index (κ3) is 4.93. The summed E-state index contributed by atoms with van der Waals surface area (Å²) in [5.41, 5.74) is 8.90. The van der Waals surface area contributed by atoms with Crippen LogP contribution in [-0.2, 0) is 10.6 Å². The number of carbonyl (C=O) groups is 1. The van der Waals surface area contributed by atoms with Gasteiger partial charge in [-0.15, -0.1) is 0 Å². The van der Waals surface area contributed by atoms with Crippen molar-refractivity contribution in [1.82, 2.24) is 20.6 Å². The van der Waals surface area contributed by atoms with E-state index in [0.717, 1.165) is 40.2 Å². The Morgan fingerprint density at radius 2 is 1.96 bits per heavy atom. The van der Waals surface area contributed by atoms with Crippen molar-refractivity contribution in [2.75, 3.05) is 13.1 Å². The van der Waals surface area contributed by atoms with Crippen LogP contribution in [0.15, 0.2) is 53.3 Å². The summed E-state index contributed by atoms with van der Waals surface area (Å²) in [7, 11) is 0. The van der Waals surface area contributed by atoms with Crippen molar-refractivity contribution in [1.29, 1.82) is 0 Å². The standard InChI is InChI=1S/C11H12BrN5.C6H8O2/c12-9-7(11(13)16-5-6-17-11)1-2-8-10(9)15-4-3-14-8;1-2-3-4-5-6(7)8/h1-4,16-17H,5-6,13H2;2-5H,1H3,(H,7,8)/b;3-2+,5-4+. The van der Waals surface area contributed by atoms with Gasteiger partial charge < -0.3 is 5.11 Å². The summed E-state index contributed by atoms with van der Waals surface area (Å²) in [5.74, 6) is -1.60. The molecule has 2 heterocycles. The molecule has 0 spiro atoms. The molecule has 1 aliphatic heterocycles. The van der Waals surface area contributed by atoms with E-state index in [1.54, 1.807) is 24.5 Å². The number of nitrogens with one attached hydrogen (secondary N) is 2. The van der Waals surface area contributed by atoms with E-state index < -0.39 is 11.8 Å². The SMILES string of the molecule is C/C=C/C=C/C(=O)O.NC1(c2ccc3nccnc3c2Br)NCCN1. The Labute approximate surface area is 154 Å². The van der Waals surface area contributed by atoms with Gasteiger partial charge in [-0.2, -0.15) is 0 Å². The molecule has 3 rings (SSSR count). The van der Waals surface area contributed by atoms with E-state index >= 15 is 0 Å². The monoisotopic (exact) mass is 405 g/mol. The zero-order valence-corrected chi connectivity index (χ0v) is 15.3. The number of fused-ring (bicyclic) bond motifs is 1. The largest absolute Gasteiger partial charge is 0.478 e. The quantitative estimate of drug-likeness (QED) is 0.455. The number of halogens is 1. The Morgan fingerprint density at radius 3 is 2.60 bits per heavy atom. The molecule has 0 unspecified atom stereocenters. The molecule has 132 valence electrons. The van der Waals surface area contributed by atoms with E-state index in [4.69, 9.17) is 10.8 Å². The summed E-state index contributed by atoms with van der Waals surface area (Å²) in [4.78, 5) is 18.3. The minimum atomic E-state index is -0.914. The lowest BCUT2D eigenvalue weighted by atomic mass is 10.1. The fourth-order valence-electron chi connectivity index (χ4n) is 2.33. The number of nitrogens with two attached hydrogens (primary N) is 1. The van der Waals surface area contributed by atoms with Gasteiger partial charge in [0.25, 0.3) is 0 Å². The number of rotatable bonds is 3. The topological polar surface area (TPSA) is 113 Å². The predicted octanol–water partition coefficient (Wildman–Crippen LogP) is 1.86. The van der Waals surface area contributed by atoms with Crippen LogP contribution < -0.4 is 16.4 Å². The Balaban J connectivity index is 0.000000242. The molecule has 25 heavy (non-hydrogen) atoms. The van der Waals surface area contributed by atoms with Gasteiger partial charge in [-0.1, -0.05) is 24.3 Å². The van der Waals surface area contributed by atoms with Gasteiger partial charge in [0.2, 0.25) is 0 Å². The minimum absolute atomic E-state index is 0.690. The van der Waals surface area contributed by atoms with Crippen molar-refractivity contribution in [2.24, 2.45) is 5.73 Å². The van der Waals surface area contributed by atoms with E-state index in [0.29, 0.717) is 0 Å². The van der Waals surface area contributed by atoms with Crippen molar-refractivity contribution in [3.63, 3.8) is 0 Å². The highest BCUT2D eigenvalue weighted by Gasteiger charge is 2.32. The first kappa shape index (κ1) is 19.2. The van der Waals surface area contributed by atoms with Gasteiger partial charge in [-0.25, -0.2) is 4.79 Å². The molecule has 0 bridgehead atoms. The summed E-state index contributed by atoms with van der Waals surface area (Å²) < 4.78 is 0.882. The number of hydrogen-bond acceptors (Lipinski definition) is 6. The average molecular weight is 406 g/mol. The van der Waals surface area contributed by atoms with Crippen LogP contribution in [0, 0.1) is 0 Å². The molecule has 1 aromatic heterocycles. The molecule has 5 N–H and O–H groups in total. The van der Waals surface area contributed by atoms with Gasteiger partial charge in [-0.05, 0) is 28.9 Å². The van der Waals surface area contributed by atoms with Crippen molar-refractivity contribution in [2.45, 2.75) is 12.7 Å². The molecular weight excluding hydrogens is 386 g/mol. The van der Waals surface area contributed by atoms with Crippen LogP contribution in [0.3, 0.4) is 0 Å². The number of aliphatic carboxylic acids is 1. The van der Waals surface area contributed by atoms with Crippen LogP contribution in [0.2, 0.25) is 0 Å². The second kappa shape index (κ2) is 8.82. The summed E-state index contributed by atoms with van der Waals surface area (Å²) in [6.45, 7) is 3.52. The van der Waals surface area contributed by atoms with Gasteiger partial charge in [0.05, 0.1) is 9.99 Å². The molecule has 0 radical (unpaired) electrons. The first-order valence-corrected chi connectivity index (χ1v) is 8.48. The van der Waals surface area contributed by atoms with E-state index in [1.807, 2.05) is 19.1 Å². The third-order valence-electron chi connectivity index (χ3n) is 3.48. The molecule has 0 atom stereocenters. The van der Waals surface area contributed by atoms with E-state index in [2.05, 4.69) is 36.5 Å². The maximum absolute atomic E-state index is 9.75. The third-order valence-corrected chi connectivity index (χ3v) is 4.28. The zero-order chi connectivity index (χ0) is 18.3. The first-order chi connectivity index (χ1) is 12.0. The number of nitrogens with zero attached hydrogens (tertiary/aromatic N) is 2. The second-order valence-electron chi connectivity index (χ2n) is 5.24. The van der Waals surface area contributed by atoms with Crippen LogP contribution in [-0.4, -0.2) is 34.1 Å². The van der Waals surface area contributed by atoms with Gasteiger partial charge in [-0.3, -0.25) is 26.3 Å². The lowest BCUT2D eigenvalue weighted by molar-refractivity contribution is -0.131. The second-order valence-corrected chi connectivity index (χ2v) is 6.03. The molecule has 1 aliphatic rings. The van der Waals surface area contributed by atoms with Crippen molar-refractivity contribution >= 4 is 32.9 Å². The number of aromatic nitrogens is 2. The zero-order valence-electron chi connectivity index (χ0n) is 13.7. The normalized spacial score (nSPS) is 16.3. The molecule has 8 heteroatoms. The smallest absolute Gasteiger partial charge is 0.328 e. The number of benzene rings is 1.